The Morgan fingerprint density at radius 3 is 2.75 bits per heavy atom. The first-order valence-electron chi connectivity index (χ1n) is 8.92. The van der Waals surface area contributed by atoms with Gasteiger partial charge in [0.1, 0.15) is 0 Å². The zero-order chi connectivity index (χ0) is 16.8. The van der Waals surface area contributed by atoms with E-state index in [1.165, 1.54) is 31.2 Å². The smallest absolute Gasteiger partial charge is 0.220 e. The molecular weight excluding hydrogens is 298 g/mol. The van der Waals surface area contributed by atoms with Crippen molar-refractivity contribution in [1.29, 1.82) is 0 Å². The van der Waals surface area contributed by atoms with Gasteiger partial charge in [0, 0.05) is 11.5 Å². The van der Waals surface area contributed by atoms with Crippen LogP contribution in [0.1, 0.15) is 49.7 Å². The fourth-order valence-electron chi connectivity index (χ4n) is 3.43. The Hall–Kier alpha value is -2.23. The van der Waals surface area contributed by atoms with Crippen LogP contribution in [-0.4, -0.2) is 16.1 Å². The lowest BCUT2D eigenvalue weighted by atomic mass is 9.93. The quantitative estimate of drug-likeness (QED) is 0.870. The minimum absolute atomic E-state index is 0.112. The van der Waals surface area contributed by atoms with E-state index in [0.29, 0.717) is 6.42 Å². The first-order valence-corrected chi connectivity index (χ1v) is 8.92. The van der Waals surface area contributed by atoms with Gasteiger partial charge in [-0.25, -0.2) is 0 Å². The van der Waals surface area contributed by atoms with Crippen molar-refractivity contribution in [3.05, 3.63) is 47.7 Å². The Kier molecular flexibility index (Phi) is 5.57. The van der Waals surface area contributed by atoms with Gasteiger partial charge >= 0.3 is 0 Å². The molecule has 0 radical (unpaired) electrons. The molecule has 0 saturated carbocycles. The largest absolute Gasteiger partial charge is 0.369 e. The fourth-order valence-corrected chi connectivity index (χ4v) is 3.43. The second kappa shape index (κ2) is 8.04. The van der Waals surface area contributed by atoms with Crippen molar-refractivity contribution in [2.75, 3.05) is 0 Å². The van der Waals surface area contributed by atoms with Crippen molar-refractivity contribution in [3.8, 4) is 11.3 Å². The Balaban J connectivity index is 1.91. The number of primary amides is 1. The van der Waals surface area contributed by atoms with Gasteiger partial charge in [-0.1, -0.05) is 43.9 Å². The molecule has 126 valence electrons. The van der Waals surface area contributed by atoms with Gasteiger partial charge in [0.15, 0.2) is 0 Å². The summed E-state index contributed by atoms with van der Waals surface area (Å²) in [6.07, 6.45) is 10.3. The number of fused-ring (bicyclic) bond motifs is 5. The number of nitrogens with zero attached hydrogens (tertiary/aromatic N) is 2. The molecule has 0 aliphatic heterocycles. The first kappa shape index (κ1) is 16.6. The van der Waals surface area contributed by atoms with Gasteiger partial charge in [0.05, 0.1) is 11.9 Å². The third-order valence-electron chi connectivity index (χ3n) is 4.84. The number of nitrogens with two attached hydrogens (primary N) is 1. The van der Waals surface area contributed by atoms with E-state index in [9.17, 15) is 4.79 Å². The second-order valence-electron chi connectivity index (χ2n) is 6.76. The molecule has 3 rings (SSSR count). The van der Waals surface area contributed by atoms with Crippen molar-refractivity contribution in [2.45, 2.75) is 51.4 Å². The molecule has 1 amide bonds. The Labute approximate surface area is 143 Å². The van der Waals surface area contributed by atoms with Crippen LogP contribution in [-0.2, 0) is 17.6 Å². The van der Waals surface area contributed by atoms with Crippen molar-refractivity contribution in [1.82, 2.24) is 10.2 Å². The zero-order valence-corrected chi connectivity index (χ0v) is 14.1. The number of carbonyl (C=O) groups excluding carboxylic acids is 1. The van der Waals surface area contributed by atoms with Gasteiger partial charge in [-0.2, -0.15) is 10.2 Å². The average molecular weight is 323 g/mol. The molecule has 1 aliphatic rings. The third kappa shape index (κ3) is 4.40. The van der Waals surface area contributed by atoms with Gasteiger partial charge < -0.3 is 5.73 Å². The molecule has 1 aromatic heterocycles. The zero-order valence-electron chi connectivity index (χ0n) is 14.1. The maximum absolute atomic E-state index is 11.8. The van der Waals surface area contributed by atoms with Crippen LogP contribution in [0.4, 0.5) is 0 Å². The van der Waals surface area contributed by atoms with Crippen molar-refractivity contribution in [3.63, 3.8) is 0 Å². The van der Waals surface area contributed by atoms with E-state index in [4.69, 9.17) is 5.73 Å². The standard InChI is InChI=1S/C20H25N3O/c21-20(24)18-9-5-3-1-2-4-7-15-8-6-10-17(11-15)19-13-16(12-18)14-22-23-19/h6,8,10-11,13-14,18H,1-5,7,9,12H2,(H2,21,24). The van der Waals surface area contributed by atoms with Crippen LogP contribution in [0.2, 0.25) is 0 Å². The van der Waals surface area contributed by atoms with Crippen LogP contribution in [0.25, 0.3) is 11.3 Å². The summed E-state index contributed by atoms with van der Waals surface area (Å²) in [5.41, 5.74) is 9.95. The highest BCUT2D eigenvalue weighted by molar-refractivity contribution is 5.77. The molecule has 24 heavy (non-hydrogen) atoms. The summed E-state index contributed by atoms with van der Waals surface area (Å²) in [5.74, 6) is -0.321. The maximum Gasteiger partial charge on any atom is 0.220 e. The Bertz CT molecular complexity index is 699. The number of hydrogen-bond donors (Lipinski definition) is 1. The van der Waals surface area contributed by atoms with Crippen LogP contribution in [0.5, 0.6) is 0 Å². The van der Waals surface area contributed by atoms with E-state index >= 15 is 0 Å². The number of aromatic nitrogens is 2. The molecule has 0 fully saturated rings. The lowest BCUT2D eigenvalue weighted by molar-refractivity contribution is -0.122. The van der Waals surface area contributed by atoms with E-state index < -0.39 is 0 Å². The molecule has 2 aromatic rings. The van der Waals surface area contributed by atoms with E-state index in [0.717, 1.165) is 36.1 Å². The topological polar surface area (TPSA) is 68.9 Å². The van der Waals surface area contributed by atoms with E-state index in [1.807, 2.05) is 6.07 Å². The number of amides is 1. The number of aryl methyl sites for hydroxylation is 1. The summed E-state index contributed by atoms with van der Waals surface area (Å²) in [5, 5.41) is 8.41. The summed E-state index contributed by atoms with van der Waals surface area (Å²) in [6.45, 7) is 0. The predicted octanol–water partition coefficient (Wildman–Crippen LogP) is 3.68. The minimum atomic E-state index is -0.209. The van der Waals surface area contributed by atoms with Crippen LogP contribution in [0.15, 0.2) is 36.5 Å². The van der Waals surface area contributed by atoms with E-state index in [-0.39, 0.29) is 11.8 Å². The minimum Gasteiger partial charge on any atom is -0.369 e. The molecular formula is C20H25N3O. The molecule has 1 unspecified atom stereocenters. The van der Waals surface area contributed by atoms with Crippen LogP contribution >= 0.6 is 0 Å². The van der Waals surface area contributed by atoms with Crippen molar-refractivity contribution >= 4 is 5.91 Å². The lowest BCUT2D eigenvalue weighted by Crippen LogP contribution is -2.25. The highest BCUT2D eigenvalue weighted by atomic mass is 16.1. The fraction of sp³-hybridized carbons (Fsp3) is 0.450. The van der Waals surface area contributed by atoms with Gasteiger partial charge in [0.25, 0.3) is 0 Å². The lowest BCUT2D eigenvalue weighted by Gasteiger charge is -2.13. The third-order valence-corrected chi connectivity index (χ3v) is 4.84. The van der Waals surface area contributed by atoms with Crippen LogP contribution < -0.4 is 5.73 Å². The summed E-state index contributed by atoms with van der Waals surface area (Å²) < 4.78 is 0. The monoisotopic (exact) mass is 323 g/mol. The normalized spacial score (nSPS) is 19.1. The second-order valence-corrected chi connectivity index (χ2v) is 6.76. The van der Waals surface area contributed by atoms with E-state index in [1.54, 1.807) is 6.20 Å². The Morgan fingerprint density at radius 1 is 1.04 bits per heavy atom. The number of hydrogen-bond acceptors (Lipinski definition) is 3. The van der Waals surface area contributed by atoms with Crippen molar-refractivity contribution in [2.24, 2.45) is 11.7 Å². The van der Waals surface area contributed by atoms with Gasteiger partial charge in [-0.15, -0.1) is 0 Å². The van der Waals surface area contributed by atoms with Crippen LogP contribution in [0, 0.1) is 5.92 Å². The molecule has 4 nitrogen and oxygen atoms in total. The number of rotatable bonds is 1. The molecule has 1 heterocycles. The average Bonchev–Trinajstić information content (AvgIpc) is 2.60. The van der Waals surface area contributed by atoms with Crippen LogP contribution in [0.3, 0.4) is 0 Å². The Morgan fingerprint density at radius 2 is 1.88 bits per heavy atom. The molecule has 0 saturated heterocycles. The first-order chi connectivity index (χ1) is 11.7. The van der Waals surface area contributed by atoms with E-state index in [2.05, 4.69) is 34.5 Å². The highest BCUT2D eigenvalue weighted by Crippen LogP contribution is 2.23. The van der Waals surface area contributed by atoms with Crippen molar-refractivity contribution < 1.29 is 4.79 Å². The maximum atomic E-state index is 11.8. The SMILES string of the molecule is NC(=O)C1CCCCCCCc2cccc(c2)-c2cc(cnn2)C1. The molecule has 2 N–H and O–H groups in total. The molecule has 1 aliphatic carbocycles. The van der Waals surface area contributed by atoms with Gasteiger partial charge in [-0.05, 0) is 48.9 Å². The summed E-state index contributed by atoms with van der Waals surface area (Å²) in [4.78, 5) is 11.8. The number of benzene rings is 1. The molecule has 4 heteroatoms. The predicted molar refractivity (Wildman–Crippen MR) is 95.3 cm³/mol. The summed E-state index contributed by atoms with van der Waals surface area (Å²) in [6, 6.07) is 10.6. The molecule has 1 atom stereocenters. The van der Waals surface area contributed by atoms with Gasteiger partial charge in [-0.3, -0.25) is 4.79 Å². The van der Waals surface area contributed by atoms with Gasteiger partial charge in [0.2, 0.25) is 5.91 Å². The molecule has 4 bridgehead atoms. The summed E-state index contributed by atoms with van der Waals surface area (Å²) in [7, 11) is 0. The molecule has 1 aromatic carbocycles. The molecule has 0 spiro atoms. The number of carbonyl (C=O) groups is 1. The highest BCUT2D eigenvalue weighted by Gasteiger charge is 2.17. The summed E-state index contributed by atoms with van der Waals surface area (Å²) >= 11 is 0.